The fourth-order valence-electron chi connectivity index (χ4n) is 7.59. The van der Waals surface area contributed by atoms with E-state index >= 15 is 0 Å². The average Bonchev–Trinajstić information content (AvgIpc) is 3.16. The Bertz CT molecular complexity index is 883. The van der Waals surface area contributed by atoms with Gasteiger partial charge in [0.25, 0.3) is 0 Å². The van der Waals surface area contributed by atoms with E-state index in [2.05, 4.69) is 41.5 Å². The Balaban J connectivity index is 4.31. The number of carbonyl (C=O) groups is 3. The summed E-state index contributed by atoms with van der Waals surface area (Å²) in [5.41, 5.74) is 0. The maximum absolute atomic E-state index is 12.7. The second-order valence-electron chi connectivity index (χ2n) is 18.9. The zero-order chi connectivity index (χ0) is 42.0. The molecule has 0 unspecified atom stereocenters. The molecule has 0 aliphatic rings. The second kappa shape index (κ2) is 42.5. The molecule has 0 saturated carbocycles. The van der Waals surface area contributed by atoms with Gasteiger partial charge in [-0.05, 0) is 37.0 Å². The molecule has 0 aliphatic heterocycles. The van der Waals surface area contributed by atoms with E-state index in [4.69, 9.17) is 14.2 Å². The van der Waals surface area contributed by atoms with Crippen LogP contribution in [0.3, 0.4) is 0 Å². The molecule has 0 radical (unpaired) electrons. The van der Waals surface area contributed by atoms with Crippen LogP contribution >= 0.6 is 0 Å². The molecule has 6 heteroatoms. The molecule has 0 aromatic rings. The highest BCUT2D eigenvalue weighted by Gasteiger charge is 2.19. The Morgan fingerprint density at radius 2 is 0.509 bits per heavy atom. The Morgan fingerprint density at radius 3 is 0.754 bits per heavy atom. The summed E-state index contributed by atoms with van der Waals surface area (Å²) in [6.45, 7) is 13.7. The van der Waals surface area contributed by atoms with Crippen molar-refractivity contribution >= 4 is 17.9 Å². The van der Waals surface area contributed by atoms with Crippen molar-refractivity contribution < 1.29 is 28.6 Å². The van der Waals surface area contributed by atoms with Gasteiger partial charge in [-0.25, -0.2) is 0 Å². The van der Waals surface area contributed by atoms with Gasteiger partial charge in [-0.3, -0.25) is 14.4 Å². The first-order valence-corrected chi connectivity index (χ1v) is 25.1. The monoisotopic (exact) mass is 807 g/mol. The third-order valence-electron chi connectivity index (χ3n) is 11.4. The number of hydrogen-bond acceptors (Lipinski definition) is 6. The molecule has 0 heterocycles. The lowest BCUT2D eigenvalue weighted by atomic mass is 10.0. The Hall–Kier alpha value is -1.59. The van der Waals surface area contributed by atoms with Crippen LogP contribution in [-0.2, 0) is 28.6 Å². The van der Waals surface area contributed by atoms with Gasteiger partial charge in [0.2, 0.25) is 0 Å². The molecule has 0 spiro atoms. The minimum atomic E-state index is -0.762. The van der Waals surface area contributed by atoms with Crippen molar-refractivity contribution in [3.8, 4) is 0 Å². The van der Waals surface area contributed by atoms with Gasteiger partial charge in [0.15, 0.2) is 6.10 Å². The van der Waals surface area contributed by atoms with E-state index in [1.54, 1.807) is 0 Å². The number of unbranched alkanes of at least 4 members (excludes halogenated alkanes) is 27. The number of hydrogen-bond donors (Lipinski definition) is 0. The topological polar surface area (TPSA) is 78.9 Å². The maximum atomic E-state index is 12.7. The quantitative estimate of drug-likeness (QED) is 0.0347. The van der Waals surface area contributed by atoms with Crippen molar-refractivity contribution in [1.29, 1.82) is 0 Å². The predicted octanol–water partition coefficient (Wildman–Crippen LogP) is 16.0. The highest BCUT2D eigenvalue weighted by atomic mass is 16.6. The van der Waals surface area contributed by atoms with Crippen molar-refractivity contribution in [2.24, 2.45) is 17.8 Å². The van der Waals surface area contributed by atoms with E-state index in [1.807, 2.05) is 0 Å². The highest BCUT2D eigenvalue weighted by molar-refractivity contribution is 5.71. The summed E-state index contributed by atoms with van der Waals surface area (Å²) >= 11 is 0. The normalized spacial score (nSPS) is 12.2. The predicted molar refractivity (Wildman–Crippen MR) is 243 cm³/mol. The lowest BCUT2D eigenvalue weighted by Crippen LogP contribution is -2.30. The number of carbonyl (C=O) groups excluding carboxylic acids is 3. The van der Waals surface area contributed by atoms with Crippen LogP contribution in [0.4, 0.5) is 0 Å². The second-order valence-corrected chi connectivity index (χ2v) is 18.9. The zero-order valence-electron chi connectivity index (χ0n) is 39.1. The van der Waals surface area contributed by atoms with Crippen molar-refractivity contribution in [2.75, 3.05) is 13.2 Å². The summed E-state index contributed by atoms with van der Waals surface area (Å²) in [6, 6.07) is 0. The molecule has 0 aromatic heterocycles. The van der Waals surface area contributed by atoms with Crippen LogP contribution in [0, 0.1) is 17.8 Å². The first kappa shape index (κ1) is 55.4. The summed E-state index contributed by atoms with van der Waals surface area (Å²) in [5.74, 6) is 1.59. The molecular formula is C51H98O6. The molecule has 0 rings (SSSR count). The molecule has 0 fully saturated rings. The lowest BCUT2D eigenvalue weighted by molar-refractivity contribution is -0.167. The van der Waals surface area contributed by atoms with Crippen LogP contribution in [0.1, 0.15) is 273 Å². The summed E-state index contributed by atoms with van der Waals surface area (Å²) in [5, 5.41) is 0. The zero-order valence-corrected chi connectivity index (χ0v) is 39.1. The summed E-state index contributed by atoms with van der Waals surface area (Å²) in [4.78, 5) is 37.9. The summed E-state index contributed by atoms with van der Waals surface area (Å²) in [7, 11) is 0. The van der Waals surface area contributed by atoms with E-state index in [9.17, 15) is 14.4 Å². The molecule has 0 aromatic carbocycles. The highest BCUT2D eigenvalue weighted by Crippen LogP contribution is 2.17. The molecule has 6 nitrogen and oxygen atoms in total. The summed E-state index contributed by atoms with van der Waals surface area (Å²) < 4.78 is 16.8. The van der Waals surface area contributed by atoms with Gasteiger partial charge < -0.3 is 14.2 Å². The number of rotatable bonds is 44. The Kier molecular flexibility index (Phi) is 41.3. The number of esters is 3. The minimum absolute atomic E-state index is 0.0654. The largest absolute Gasteiger partial charge is 0.462 e. The van der Waals surface area contributed by atoms with E-state index in [0.29, 0.717) is 19.3 Å². The Labute approximate surface area is 355 Å². The maximum Gasteiger partial charge on any atom is 0.306 e. The molecule has 0 saturated heterocycles. The molecular weight excluding hydrogens is 709 g/mol. The Morgan fingerprint density at radius 1 is 0.298 bits per heavy atom. The molecule has 0 N–H and O–H groups in total. The fourth-order valence-corrected chi connectivity index (χ4v) is 7.59. The van der Waals surface area contributed by atoms with Crippen molar-refractivity contribution in [3.63, 3.8) is 0 Å². The average molecular weight is 807 g/mol. The van der Waals surface area contributed by atoms with Gasteiger partial charge in [0.1, 0.15) is 13.2 Å². The SMILES string of the molecule is CC(C)CCCCCCCCCCCCCCC(=O)OC[C@H](COC(=O)CCCCCCCCCCCCC(C)C)OC(=O)CCCCCCCCCCC(C)C. The molecule has 338 valence electrons. The third-order valence-corrected chi connectivity index (χ3v) is 11.4. The van der Waals surface area contributed by atoms with Crippen molar-refractivity contribution in [1.82, 2.24) is 0 Å². The lowest BCUT2D eigenvalue weighted by Gasteiger charge is -2.18. The van der Waals surface area contributed by atoms with Crippen molar-refractivity contribution in [2.45, 2.75) is 279 Å². The van der Waals surface area contributed by atoms with E-state index in [0.717, 1.165) is 75.5 Å². The van der Waals surface area contributed by atoms with E-state index in [-0.39, 0.29) is 31.1 Å². The van der Waals surface area contributed by atoms with Crippen LogP contribution in [0.15, 0.2) is 0 Å². The molecule has 0 aliphatic carbocycles. The van der Waals surface area contributed by atoms with Gasteiger partial charge in [-0.1, -0.05) is 234 Å². The first-order valence-electron chi connectivity index (χ1n) is 25.1. The van der Waals surface area contributed by atoms with Gasteiger partial charge >= 0.3 is 17.9 Å². The van der Waals surface area contributed by atoms with Gasteiger partial charge in [-0.15, -0.1) is 0 Å². The van der Waals surface area contributed by atoms with Crippen LogP contribution in [-0.4, -0.2) is 37.2 Å². The molecule has 0 bridgehead atoms. The van der Waals surface area contributed by atoms with Crippen LogP contribution in [0.2, 0.25) is 0 Å². The van der Waals surface area contributed by atoms with Gasteiger partial charge in [0.05, 0.1) is 0 Å². The van der Waals surface area contributed by atoms with E-state index in [1.165, 1.54) is 154 Å². The van der Waals surface area contributed by atoms with Crippen LogP contribution < -0.4 is 0 Å². The van der Waals surface area contributed by atoms with E-state index < -0.39 is 6.10 Å². The fraction of sp³-hybridized carbons (Fsp3) is 0.941. The van der Waals surface area contributed by atoms with Gasteiger partial charge in [0, 0.05) is 19.3 Å². The van der Waals surface area contributed by atoms with Crippen LogP contribution in [0.25, 0.3) is 0 Å². The smallest absolute Gasteiger partial charge is 0.306 e. The molecule has 0 amide bonds. The third kappa shape index (κ3) is 45.3. The molecule has 57 heavy (non-hydrogen) atoms. The summed E-state index contributed by atoms with van der Waals surface area (Å²) in [6.07, 6.45) is 40.9. The minimum Gasteiger partial charge on any atom is -0.462 e. The van der Waals surface area contributed by atoms with Gasteiger partial charge in [-0.2, -0.15) is 0 Å². The van der Waals surface area contributed by atoms with Crippen molar-refractivity contribution in [3.05, 3.63) is 0 Å². The standard InChI is InChI=1S/C51H98O6/c1-45(2)37-31-25-19-13-9-7-8-10-15-22-28-34-40-49(52)55-43-48(57-51(54)42-36-30-24-18-17-21-27-33-39-47(5)6)44-56-50(53)41-35-29-23-16-12-11-14-20-26-32-38-46(3)4/h45-48H,7-44H2,1-6H3/t48-/m1/s1. The van der Waals surface area contributed by atoms with Crippen LogP contribution in [0.5, 0.6) is 0 Å². The first-order chi connectivity index (χ1) is 27.6. The molecule has 1 atom stereocenters. The number of ether oxygens (including phenoxy) is 3.